The van der Waals surface area contributed by atoms with Gasteiger partial charge in [-0.3, -0.25) is 4.79 Å². The number of unbranched alkanes of at least 4 members (excludes halogenated alkanes) is 4. The number of nitrogens with zero attached hydrogens (tertiary/aromatic N) is 1. The van der Waals surface area contributed by atoms with Gasteiger partial charge in [-0.1, -0.05) is 38.7 Å². The molecule has 0 radical (unpaired) electrons. The number of aliphatic hydroxyl groups excluding tert-OH is 1. The molecule has 0 aromatic heterocycles. The molecule has 2 atom stereocenters. The van der Waals surface area contributed by atoms with Gasteiger partial charge in [0.05, 0.1) is 12.6 Å². The lowest BCUT2D eigenvalue weighted by Gasteiger charge is -2.29. The molecule has 3 rings (SSSR count). The van der Waals surface area contributed by atoms with E-state index in [1.54, 1.807) is 0 Å². The smallest absolute Gasteiger partial charge is 0.220 e. The number of amides is 1. The Hall–Kier alpha value is -1.59. The normalized spacial score (nSPS) is 18.7. The molecule has 0 aliphatic carbocycles. The molecule has 1 fully saturated rings. The number of carbonyl (C=O) groups is 1. The van der Waals surface area contributed by atoms with Gasteiger partial charge >= 0.3 is 0 Å². The molecule has 1 aromatic carbocycles. The van der Waals surface area contributed by atoms with E-state index < -0.39 is 6.10 Å². The Balaban J connectivity index is 1.61. The molecule has 2 aliphatic rings. The molecule has 2 N–H and O–H groups in total. The van der Waals surface area contributed by atoms with Crippen molar-refractivity contribution in [3.63, 3.8) is 0 Å². The van der Waals surface area contributed by atoms with Crippen LogP contribution < -0.4 is 10.1 Å². The highest BCUT2D eigenvalue weighted by atomic mass is 16.5. The minimum atomic E-state index is -0.702. The largest absolute Gasteiger partial charge is 0.493 e. The number of nitrogens with one attached hydrogen (secondary N) is 1. The topological polar surface area (TPSA) is 61.8 Å². The maximum absolute atomic E-state index is 12.6. The average Bonchev–Trinajstić information content (AvgIpc) is 3.25. The zero-order valence-corrected chi connectivity index (χ0v) is 18.0. The van der Waals surface area contributed by atoms with Crippen LogP contribution in [0.1, 0.15) is 81.9 Å². The number of fused-ring (bicyclic) bond motifs is 1. The number of aliphatic hydroxyl groups is 1. The third-order valence-electron chi connectivity index (χ3n) is 6.16. The minimum absolute atomic E-state index is 0.0611. The van der Waals surface area contributed by atoms with Crippen LogP contribution in [0, 0.1) is 0 Å². The van der Waals surface area contributed by atoms with Gasteiger partial charge in [0.15, 0.2) is 0 Å². The number of hydrogen-bond donors (Lipinski definition) is 2. The summed E-state index contributed by atoms with van der Waals surface area (Å²) >= 11 is 0. The van der Waals surface area contributed by atoms with Crippen molar-refractivity contribution in [2.24, 2.45) is 0 Å². The Morgan fingerprint density at radius 3 is 2.76 bits per heavy atom. The van der Waals surface area contributed by atoms with Crippen LogP contribution in [0.15, 0.2) is 18.2 Å². The Morgan fingerprint density at radius 1 is 1.17 bits per heavy atom. The van der Waals surface area contributed by atoms with Gasteiger partial charge in [0, 0.05) is 13.0 Å². The molecule has 0 unspecified atom stereocenters. The van der Waals surface area contributed by atoms with E-state index in [0.717, 1.165) is 62.3 Å². The van der Waals surface area contributed by atoms with Gasteiger partial charge < -0.3 is 20.1 Å². The van der Waals surface area contributed by atoms with Gasteiger partial charge in [0.2, 0.25) is 5.91 Å². The van der Waals surface area contributed by atoms with Gasteiger partial charge in [0.1, 0.15) is 11.9 Å². The molecular weight excluding hydrogens is 364 g/mol. The fourth-order valence-corrected chi connectivity index (χ4v) is 4.43. The second-order valence-corrected chi connectivity index (χ2v) is 8.61. The fourth-order valence-electron chi connectivity index (χ4n) is 4.43. The maximum atomic E-state index is 12.6. The molecule has 5 heteroatoms. The van der Waals surface area contributed by atoms with Crippen LogP contribution in [-0.4, -0.2) is 48.2 Å². The van der Waals surface area contributed by atoms with Crippen molar-refractivity contribution >= 4 is 5.91 Å². The summed E-state index contributed by atoms with van der Waals surface area (Å²) in [6.45, 7) is 5.77. The van der Waals surface area contributed by atoms with Crippen molar-refractivity contribution in [2.75, 3.05) is 26.2 Å². The molecule has 5 nitrogen and oxygen atoms in total. The number of hydrogen-bond acceptors (Lipinski definition) is 4. The fraction of sp³-hybridized carbons (Fsp3) is 0.708. The van der Waals surface area contributed by atoms with E-state index in [0.29, 0.717) is 13.0 Å². The van der Waals surface area contributed by atoms with E-state index in [9.17, 15) is 9.90 Å². The summed E-state index contributed by atoms with van der Waals surface area (Å²) in [5.41, 5.74) is 2.04. The lowest BCUT2D eigenvalue weighted by molar-refractivity contribution is -0.123. The standard InChI is InChI=1S/C24H38N2O3/c1-2-3-4-5-6-11-23(27)25-21(18-26-14-7-8-15-26)24(28)20-12-13-22-19(17-20)10-9-16-29-22/h12-13,17,21,24,28H,2-11,14-16,18H2,1H3,(H,25,27)/t21-,24-/m1/s1. The highest BCUT2D eigenvalue weighted by Gasteiger charge is 2.27. The Kier molecular flexibility index (Phi) is 8.81. The Labute approximate surface area is 175 Å². The van der Waals surface area contributed by atoms with Crippen molar-refractivity contribution in [2.45, 2.75) is 83.3 Å². The quantitative estimate of drug-likeness (QED) is 0.550. The van der Waals surface area contributed by atoms with E-state index in [-0.39, 0.29) is 11.9 Å². The summed E-state index contributed by atoms with van der Waals surface area (Å²) < 4.78 is 5.70. The highest BCUT2D eigenvalue weighted by molar-refractivity contribution is 5.76. The predicted molar refractivity (Wildman–Crippen MR) is 116 cm³/mol. The SMILES string of the molecule is CCCCCCCC(=O)N[C@H](CN1CCCC1)[C@H](O)c1ccc2c(c1)CCCO2. The van der Waals surface area contributed by atoms with Crippen LogP contribution >= 0.6 is 0 Å². The molecule has 0 spiro atoms. The number of aryl methyl sites for hydroxylation is 1. The van der Waals surface area contributed by atoms with E-state index in [2.05, 4.69) is 23.2 Å². The van der Waals surface area contributed by atoms with Gasteiger partial charge in [0.25, 0.3) is 0 Å². The molecule has 29 heavy (non-hydrogen) atoms. The zero-order valence-electron chi connectivity index (χ0n) is 18.0. The lowest BCUT2D eigenvalue weighted by Crippen LogP contribution is -2.46. The van der Waals surface area contributed by atoms with Crippen molar-refractivity contribution < 1.29 is 14.6 Å². The van der Waals surface area contributed by atoms with Gasteiger partial charge in [-0.15, -0.1) is 0 Å². The number of ether oxygens (including phenoxy) is 1. The average molecular weight is 403 g/mol. The second kappa shape index (κ2) is 11.6. The van der Waals surface area contributed by atoms with Gasteiger partial charge in [-0.25, -0.2) is 0 Å². The summed E-state index contributed by atoms with van der Waals surface area (Å²) in [6, 6.07) is 5.70. The Bertz CT molecular complexity index is 643. The molecule has 1 saturated heterocycles. The third-order valence-corrected chi connectivity index (χ3v) is 6.16. The summed E-state index contributed by atoms with van der Waals surface area (Å²) in [4.78, 5) is 14.9. The monoisotopic (exact) mass is 402 g/mol. The van der Waals surface area contributed by atoms with Crippen molar-refractivity contribution in [1.29, 1.82) is 0 Å². The van der Waals surface area contributed by atoms with E-state index in [4.69, 9.17) is 4.74 Å². The molecule has 1 amide bonds. The van der Waals surface area contributed by atoms with Crippen molar-refractivity contribution in [3.8, 4) is 5.75 Å². The first-order valence-corrected chi connectivity index (χ1v) is 11.6. The summed E-state index contributed by atoms with van der Waals surface area (Å²) in [6.07, 6.45) is 9.91. The molecule has 2 heterocycles. The van der Waals surface area contributed by atoms with Crippen LogP contribution in [0.3, 0.4) is 0 Å². The van der Waals surface area contributed by atoms with Gasteiger partial charge in [-0.2, -0.15) is 0 Å². The van der Waals surface area contributed by atoms with Crippen LogP contribution in [0.5, 0.6) is 5.75 Å². The number of carbonyl (C=O) groups excluding carboxylic acids is 1. The van der Waals surface area contributed by atoms with E-state index in [1.807, 2.05) is 12.1 Å². The van der Waals surface area contributed by atoms with Gasteiger partial charge in [-0.05, 0) is 68.5 Å². The first kappa shape index (κ1) is 22.1. The Morgan fingerprint density at radius 2 is 1.97 bits per heavy atom. The molecule has 2 aliphatic heterocycles. The summed E-state index contributed by atoms with van der Waals surface area (Å²) in [5, 5.41) is 14.3. The zero-order chi connectivity index (χ0) is 20.5. The van der Waals surface area contributed by atoms with Crippen molar-refractivity contribution in [1.82, 2.24) is 10.2 Å². The van der Waals surface area contributed by atoms with Crippen LogP contribution in [-0.2, 0) is 11.2 Å². The van der Waals surface area contributed by atoms with Crippen molar-refractivity contribution in [3.05, 3.63) is 29.3 Å². The van der Waals surface area contributed by atoms with Crippen LogP contribution in [0.25, 0.3) is 0 Å². The van der Waals surface area contributed by atoms with Crippen LogP contribution in [0.2, 0.25) is 0 Å². The first-order chi connectivity index (χ1) is 14.2. The molecule has 0 saturated carbocycles. The lowest BCUT2D eigenvalue weighted by atomic mass is 9.96. The molecular formula is C24H38N2O3. The molecule has 1 aromatic rings. The number of benzene rings is 1. The second-order valence-electron chi connectivity index (χ2n) is 8.61. The highest BCUT2D eigenvalue weighted by Crippen LogP contribution is 2.29. The summed E-state index contributed by atoms with van der Waals surface area (Å²) in [7, 11) is 0. The molecule has 162 valence electrons. The van der Waals surface area contributed by atoms with Crippen LogP contribution in [0.4, 0.5) is 0 Å². The molecule has 0 bridgehead atoms. The van der Waals surface area contributed by atoms with E-state index >= 15 is 0 Å². The first-order valence-electron chi connectivity index (χ1n) is 11.6. The predicted octanol–water partition coefficient (Wildman–Crippen LogP) is 3.99. The maximum Gasteiger partial charge on any atom is 0.220 e. The summed E-state index contributed by atoms with van der Waals surface area (Å²) in [5.74, 6) is 0.991. The number of likely N-dealkylation sites (tertiary alicyclic amines) is 1. The third kappa shape index (κ3) is 6.71. The van der Waals surface area contributed by atoms with E-state index in [1.165, 1.54) is 32.1 Å². The number of rotatable bonds is 11. The minimum Gasteiger partial charge on any atom is -0.493 e.